The molecule has 1 unspecified atom stereocenters. The lowest BCUT2D eigenvalue weighted by atomic mass is 10.2. The minimum atomic E-state index is -0.247. The van der Waals surface area contributed by atoms with Gasteiger partial charge in [0.2, 0.25) is 5.91 Å². The summed E-state index contributed by atoms with van der Waals surface area (Å²) in [5.74, 6) is -0.349. The molecule has 1 amide bonds. The highest BCUT2D eigenvalue weighted by Gasteiger charge is 2.07. The SMILES string of the molecule is CCc1ccc(CNCC(C)C(N)=O)s1. The maximum atomic E-state index is 10.8. The molecule has 4 heteroatoms. The van der Waals surface area contributed by atoms with Gasteiger partial charge in [-0.1, -0.05) is 13.8 Å². The lowest BCUT2D eigenvalue weighted by Gasteiger charge is -2.07. The third-order valence-corrected chi connectivity index (χ3v) is 3.53. The highest BCUT2D eigenvalue weighted by molar-refractivity contribution is 7.11. The number of amides is 1. The molecule has 15 heavy (non-hydrogen) atoms. The summed E-state index contributed by atoms with van der Waals surface area (Å²) >= 11 is 1.81. The van der Waals surface area contributed by atoms with Crippen molar-refractivity contribution in [2.75, 3.05) is 6.54 Å². The average Bonchev–Trinajstić information content (AvgIpc) is 2.65. The molecule has 1 heterocycles. The van der Waals surface area contributed by atoms with Gasteiger partial charge in [0.25, 0.3) is 0 Å². The Kier molecular flexibility index (Phi) is 4.78. The largest absolute Gasteiger partial charge is 0.369 e. The zero-order valence-electron chi connectivity index (χ0n) is 9.25. The molecule has 0 saturated carbocycles. The van der Waals surface area contributed by atoms with E-state index in [9.17, 15) is 4.79 Å². The first-order chi connectivity index (χ1) is 7.13. The zero-order valence-corrected chi connectivity index (χ0v) is 10.1. The van der Waals surface area contributed by atoms with Crippen LogP contribution < -0.4 is 11.1 Å². The van der Waals surface area contributed by atoms with Gasteiger partial charge in [0, 0.05) is 28.8 Å². The molecule has 1 aromatic heterocycles. The van der Waals surface area contributed by atoms with E-state index in [0.717, 1.165) is 13.0 Å². The minimum absolute atomic E-state index is 0.101. The van der Waals surface area contributed by atoms with Gasteiger partial charge in [-0.15, -0.1) is 11.3 Å². The lowest BCUT2D eigenvalue weighted by Crippen LogP contribution is -2.30. The van der Waals surface area contributed by atoms with Crippen molar-refractivity contribution in [3.8, 4) is 0 Å². The predicted octanol–water partition coefficient (Wildman–Crippen LogP) is 1.52. The van der Waals surface area contributed by atoms with Crippen LogP contribution >= 0.6 is 11.3 Å². The number of hydrogen-bond acceptors (Lipinski definition) is 3. The molecule has 0 saturated heterocycles. The fourth-order valence-electron chi connectivity index (χ4n) is 1.22. The maximum Gasteiger partial charge on any atom is 0.221 e. The molecule has 1 atom stereocenters. The van der Waals surface area contributed by atoms with Crippen molar-refractivity contribution in [2.24, 2.45) is 11.7 Å². The van der Waals surface area contributed by atoms with Crippen molar-refractivity contribution < 1.29 is 4.79 Å². The maximum absolute atomic E-state index is 10.8. The van der Waals surface area contributed by atoms with Crippen LogP contribution in [0, 0.1) is 5.92 Å². The van der Waals surface area contributed by atoms with Crippen LogP contribution in [-0.2, 0) is 17.8 Å². The minimum Gasteiger partial charge on any atom is -0.369 e. The van der Waals surface area contributed by atoms with Gasteiger partial charge in [0.1, 0.15) is 0 Å². The Morgan fingerprint density at radius 1 is 1.53 bits per heavy atom. The van der Waals surface area contributed by atoms with Crippen molar-refractivity contribution in [3.05, 3.63) is 21.9 Å². The molecule has 0 aliphatic rings. The van der Waals surface area contributed by atoms with E-state index in [-0.39, 0.29) is 11.8 Å². The average molecular weight is 226 g/mol. The molecule has 0 aliphatic carbocycles. The fraction of sp³-hybridized carbons (Fsp3) is 0.545. The van der Waals surface area contributed by atoms with Crippen LogP contribution in [0.15, 0.2) is 12.1 Å². The summed E-state index contributed by atoms with van der Waals surface area (Å²) in [5, 5.41) is 3.23. The molecular formula is C11H18N2OS. The van der Waals surface area contributed by atoms with Crippen LogP contribution in [0.25, 0.3) is 0 Å². The summed E-state index contributed by atoms with van der Waals surface area (Å²) in [6.45, 7) is 5.45. The van der Waals surface area contributed by atoms with Gasteiger partial charge in [-0.05, 0) is 18.6 Å². The van der Waals surface area contributed by atoms with Gasteiger partial charge in [0.15, 0.2) is 0 Å². The molecule has 3 nitrogen and oxygen atoms in total. The summed E-state index contributed by atoms with van der Waals surface area (Å²) in [4.78, 5) is 13.5. The van der Waals surface area contributed by atoms with Gasteiger partial charge in [-0.25, -0.2) is 0 Å². The van der Waals surface area contributed by atoms with Gasteiger partial charge >= 0.3 is 0 Å². The third kappa shape index (κ3) is 4.01. The Balaban J connectivity index is 2.28. The summed E-state index contributed by atoms with van der Waals surface area (Å²) in [5.41, 5.74) is 5.16. The first-order valence-electron chi connectivity index (χ1n) is 5.21. The van der Waals surface area contributed by atoms with Gasteiger partial charge in [0.05, 0.1) is 0 Å². The monoisotopic (exact) mass is 226 g/mol. The first kappa shape index (κ1) is 12.2. The molecule has 1 rings (SSSR count). The summed E-state index contributed by atoms with van der Waals surface area (Å²) < 4.78 is 0. The van der Waals surface area contributed by atoms with Gasteiger partial charge < -0.3 is 11.1 Å². The topological polar surface area (TPSA) is 55.1 Å². The van der Waals surface area contributed by atoms with Gasteiger partial charge in [-0.3, -0.25) is 4.79 Å². The van der Waals surface area contributed by atoms with Crippen LogP contribution in [0.1, 0.15) is 23.6 Å². The van der Waals surface area contributed by atoms with E-state index >= 15 is 0 Å². The standard InChI is InChI=1S/C11H18N2OS/c1-3-9-4-5-10(15-9)7-13-6-8(2)11(12)14/h4-5,8,13H,3,6-7H2,1-2H3,(H2,12,14). The number of primary amides is 1. The molecule has 0 aromatic carbocycles. The Morgan fingerprint density at radius 2 is 2.20 bits per heavy atom. The van der Waals surface area contributed by atoms with E-state index in [2.05, 4.69) is 24.4 Å². The molecule has 0 spiro atoms. The van der Waals surface area contributed by atoms with Crippen LogP contribution in [0.3, 0.4) is 0 Å². The number of nitrogens with one attached hydrogen (secondary N) is 1. The number of hydrogen-bond donors (Lipinski definition) is 2. The second-order valence-electron chi connectivity index (χ2n) is 3.66. The summed E-state index contributed by atoms with van der Waals surface area (Å²) in [6, 6.07) is 4.28. The third-order valence-electron chi connectivity index (χ3n) is 2.30. The fourth-order valence-corrected chi connectivity index (χ4v) is 2.15. The number of rotatable bonds is 6. The predicted molar refractivity (Wildman–Crippen MR) is 63.8 cm³/mol. The Bertz CT molecular complexity index is 322. The van der Waals surface area contributed by atoms with E-state index < -0.39 is 0 Å². The molecule has 0 aliphatic heterocycles. The van der Waals surface area contributed by atoms with Crippen LogP contribution in [-0.4, -0.2) is 12.5 Å². The Labute approximate surface area is 94.7 Å². The second kappa shape index (κ2) is 5.88. The van der Waals surface area contributed by atoms with E-state index in [1.165, 1.54) is 9.75 Å². The van der Waals surface area contributed by atoms with E-state index in [0.29, 0.717) is 6.54 Å². The lowest BCUT2D eigenvalue weighted by molar-refractivity contribution is -0.121. The highest BCUT2D eigenvalue weighted by Crippen LogP contribution is 2.16. The molecule has 3 N–H and O–H groups in total. The van der Waals surface area contributed by atoms with Crippen molar-refractivity contribution in [1.29, 1.82) is 0 Å². The Hall–Kier alpha value is -0.870. The van der Waals surface area contributed by atoms with Crippen LogP contribution in [0.2, 0.25) is 0 Å². The summed E-state index contributed by atoms with van der Waals surface area (Å²) in [6.07, 6.45) is 1.09. The molecule has 0 radical (unpaired) electrons. The number of carbonyl (C=O) groups is 1. The number of carbonyl (C=O) groups excluding carboxylic acids is 1. The smallest absolute Gasteiger partial charge is 0.221 e. The number of thiophene rings is 1. The number of aryl methyl sites for hydroxylation is 1. The van der Waals surface area contributed by atoms with E-state index in [4.69, 9.17) is 5.73 Å². The molecule has 0 bridgehead atoms. The Morgan fingerprint density at radius 3 is 2.73 bits per heavy atom. The number of nitrogens with two attached hydrogens (primary N) is 1. The molecule has 1 aromatic rings. The van der Waals surface area contributed by atoms with Crippen molar-refractivity contribution in [2.45, 2.75) is 26.8 Å². The molecular weight excluding hydrogens is 208 g/mol. The van der Waals surface area contributed by atoms with Crippen LogP contribution in [0.5, 0.6) is 0 Å². The van der Waals surface area contributed by atoms with Crippen molar-refractivity contribution >= 4 is 17.2 Å². The van der Waals surface area contributed by atoms with E-state index in [1.807, 2.05) is 18.3 Å². The van der Waals surface area contributed by atoms with E-state index in [1.54, 1.807) is 0 Å². The van der Waals surface area contributed by atoms with Crippen molar-refractivity contribution in [1.82, 2.24) is 5.32 Å². The van der Waals surface area contributed by atoms with Crippen molar-refractivity contribution in [3.63, 3.8) is 0 Å². The zero-order chi connectivity index (χ0) is 11.3. The normalized spacial score (nSPS) is 12.7. The summed E-state index contributed by atoms with van der Waals surface area (Å²) in [7, 11) is 0. The van der Waals surface area contributed by atoms with Crippen LogP contribution in [0.4, 0.5) is 0 Å². The quantitative estimate of drug-likeness (QED) is 0.772. The molecule has 84 valence electrons. The molecule has 0 fully saturated rings. The highest BCUT2D eigenvalue weighted by atomic mass is 32.1. The second-order valence-corrected chi connectivity index (χ2v) is 4.91. The first-order valence-corrected chi connectivity index (χ1v) is 6.02. The van der Waals surface area contributed by atoms with Gasteiger partial charge in [-0.2, -0.15) is 0 Å².